The van der Waals surface area contributed by atoms with Gasteiger partial charge in [0.05, 0.1) is 11.7 Å². The van der Waals surface area contributed by atoms with Gasteiger partial charge >= 0.3 is 0 Å². The standard InChI is InChI=1S/C25H26N7O/c1-16-19-14-20(19)24(28-27-16)21-15-23(30(2)29-21)31-12-9-18(10-13-31)25(33)32-22(8-11-26-32)17-6-4-3-5-7-17/h3-7,11,14-15,18,22H,8-10,12-13H2,1-2H3/t22-/m0/s1. The van der Waals surface area contributed by atoms with E-state index < -0.39 is 0 Å². The van der Waals surface area contributed by atoms with E-state index in [2.05, 4.69) is 44.8 Å². The first-order valence-electron chi connectivity index (χ1n) is 11.5. The van der Waals surface area contributed by atoms with E-state index in [9.17, 15) is 4.79 Å². The van der Waals surface area contributed by atoms with Gasteiger partial charge in [0, 0.05) is 51.2 Å². The molecular formula is C25H26N7O. The molecule has 8 heteroatoms. The van der Waals surface area contributed by atoms with Crippen molar-refractivity contribution in [1.82, 2.24) is 25.0 Å². The van der Waals surface area contributed by atoms with Crippen molar-refractivity contribution in [3.63, 3.8) is 0 Å². The minimum absolute atomic E-state index is 0.00998. The summed E-state index contributed by atoms with van der Waals surface area (Å²) in [7, 11) is 1.96. The maximum absolute atomic E-state index is 13.3. The molecule has 1 atom stereocenters. The average Bonchev–Trinajstić information content (AvgIpc) is 3.35. The van der Waals surface area contributed by atoms with Crippen LogP contribution >= 0.6 is 0 Å². The van der Waals surface area contributed by atoms with Gasteiger partial charge in [-0.2, -0.15) is 15.3 Å². The number of hydrogen-bond donors (Lipinski definition) is 0. The van der Waals surface area contributed by atoms with Crippen LogP contribution in [-0.4, -0.2) is 50.2 Å². The molecule has 4 heterocycles. The second-order valence-electron chi connectivity index (χ2n) is 9.02. The average molecular weight is 441 g/mol. The number of aromatic nitrogens is 4. The third kappa shape index (κ3) is 3.50. The van der Waals surface area contributed by atoms with Gasteiger partial charge in [-0.1, -0.05) is 30.3 Å². The minimum atomic E-state index is -0.00998. The number of anilines is 1. The van der Waals surface area contributed by atoms with Crippen molar-refractivity contribution in [2.45, 2.75) is 32.2 Å². The van der Waals surface area contributed by atoms with Crippen LogP contribution in [0.1, 0.15) is 47.7 Å². The third-order valence-electron chi connectivity index (χ3n) is 6.95. The fourth-order valence-corrected chi connectivity index (χ4v) is 5.02. The lowest BCUT2D eigenvalue weighted by Crippen LogP contribution is -2.41. The van der Waals surface area contributed by atoms with E-state index in [1.807, 2.05) is 43.1 Å². The Kier molecular flexibility index (Phi) is 4.74. The van der Waals surface area contributed by atoms with Crippen LogP contribution in [0, 0.1) is 19.3 Å². The highest BCUT2D eigenvalue weighted by Gasteiger charge is 2.35. The van der Waals surface area contributed by atoms with Crippen LogP contribution in [0.2, 0.25) is 0 Å². The summed E-state index contributed by atoms with van der Waals surface area (Å²) in [6.07, 6.45) is 6.36. The number of hydrogen-bond acceptors (Lipinski definition) is 6. The van der Waals surface area contributed by atoms with Crippen LogP contribution < -0.4 is 4.90 Å². The van der Waals surface area contributed by atoms with E-state index >= 15 is 0 Å². The molecule has 1 fully saturated rings. The molecule has 3 aliphatic rings. The van der Waals surface area contributed by atoms with Crippen LogP contribution in [0.4, 0.5) is 5.82 Å². The molecule has 167 valence electrons. The zero-order chi connectivity index (χ0) is 22.5. The maximum Gasteiger partial charge on any atom is 0.246 e. The molecule has 1 aliphatic carbocycles. The fourth-order valence-electron chi connectivity index (χ4n) is 5.02. The number of fused-ring (bicyclic) bond motifs is 1. The van der Waals surface area contributed by atoms with Gasteiger partial charge in [0.25, 0.3) is 0 Å². The number of carbonyl (C=O) groups excluding carboxylic acids is 1. The summed E-state index contributed by atoms with van der Waals surface area (Å²) >= 11 is 0. The van der Waals surface area contributed by atoms with Crippen molar-refractivity contribution in [3.8, 4) is 11.4 Å². The molecule has 0 bridgehead atoms. The Morgan fingerprint density at radius 1 is 1.06 bits per heavy atom. The first kappa shape index (κ1) is 20.1. The van der Waals surface area contributed by atoms with Gasteiger partial charge < -0.3 is 4.90 Å². The molecule has 0 N–H and O–H groups in total. The highest BCUT2D eigenvalue weighted by atomic mass is 16.2. The Morgan fingerprint density at radius 2 is 1.85 bits per heavy atom. The largest absolute Gasteiger partial charge is 0.357 e. The van der Waals surface area contributed by atoms with Crippen molar-refractivity contribution >= 4 is 17.9 Å². The van der Waals surface area contributed by atoms with Gasteiger partial charge in [-0.05, 0) is 36.5 Å². The monoisotopic (exact) mass is 440 g/mol. The third-order valence-corrected chi connectivity index (χ3v) is 6.95. The van der Waals surface area contributed by atoms with E-state index in [0.29, 0.717) is 0 Å². The van der Waals surface area contributed by atoms with Crippen LogP contribution in [0.5, 0.6) is 0 Å². The van der Waals surface area contributed by atoms with Crippen LogP contribution in [-0.2, 0) is 11.8 Å². The lowest BCUT2D eigenvalue weighted by atomic mass is 9.94. The molecule has 0 unspecified atom stereocenters. The van der Waals surface area contributed by atoms with Crippen molar-refractivity contribution in [2.75, 3.05) is 18.0 Å². The summed E-state index contributed by atoms with van der Waals surface area (Å²) in [4.78, 5) is 15.6. The highest BCUT2D eigenvalue weighted by molar-refractivity contribution is 5.82. The predicted molar refractivity (Wildman–Crippen MR) is 126 cm³/mol. The Morgan fingerprint density at radius 3 is 2.64 bits per heavy atom. The minimum Gasteiger partial charge on any atom is -0.357 e. The van der Waals surface area contributed by atoms with E-state index in [1.165, 1.54) is 5.56 Å². The number of nitrogens with zero attached hydrogens (tertiary/aromatic N) is 7. The Balaban J connectivity index is 1.14. The molecule has 33 heavy (non-hydrogen) atoms. The van der Waals surface area contributed by atoms with Gasteiger partial charge in [-0.15, -0.1) is 5.10 Å². The topological polar surface area (TPSA) is 79.5 Å². The Hall–Kier alpha value is -3.55. The Labute approximate surface area is 192 Å². The smallest absolute Gasteiger partial charge is 0.246 e. The summed E-state index contributed by atoms with van der Waals surface area (Å²) in [5, 5.41) is 19.5. The number of carbonyl (C=O) groups is 1. The molecule has 8 nitrogen and oxygen atoms in total. The molecule has 1 radical (unpaired) electrons. The summed E-state index contributed by atoms with van der Waals surface area (Å²) in [5.41, 5.74) is 6.13. The first-order valence-corrected chi connectivity index (χ1v) is 11.5. The molecule has 1 amide bonds. The van der Waals surface area contributed by atoms with Crippen molar-refractivity contribution in [3.05, 3.63) is 65.2 Å². The number of amides is 1. The van der Waals surface area contributed by atoms with Crippen LogP contribution in [0.15, 0.2) is 41.5 Å². The SMILES string of the molecule is Cc1nnc(-c2cc(N3CCC(C(=O)N4N=CC[C@H]4c4ccccc4)CC3)n(C)n2)c2c1[CH]2. The second-order valence-corrected chi connectivity index (χ2v) is 9.02. The van der Waals surface area contributed by atoms with Crippen LogP contribution in [0.25, 0.3) is 11.4 Å². The van der Waals surface area contributed by atoms with E-state index in [-0.39, 0.29) is 17.9 Å². The second kappa shape index (κ2) is 7.79. The van der Waals surface area contributed by atoms with E-state index in [0.717, 1.165) is 66.4 Å². The van der Waals surface area contributed by atoms with Gasteiger partial charge in [-0.3, -0.25) is 9.48 Å². The maximum atomic E-state index is 13.3. The number of hydrazone groups is 1. The lowest BCUT2D eigenvalue weighted by Gasteiger charge is -2.34. The summed E-state index contributed by atoms with van der Waals surface area (Å²) in [6.45, 7) is 3.60. The number of aryl methyl sites for hydroxylation is 2. The molecule has 3 aromatic rings. The van der Waals surface area contributed by atoms with Gasteiger partial charge in [0.2, 0.25) is 5.91 Å². The highest BCUT2D eigenvalue weighted by Crippen LogP contribution is 2.40. The molecule has 0 spiro atoms. The lowest BCUT2D eigenvalue weighted by molar-refractivity contribution is -0.138. The molecule has 2 aliphatic heterocycles. The molecule has 6 rings (SSSR count). The number of rotatable bonds is 4. The van der Waals surface area contributed by atoms with Gasteiger partial charge in [0.1, 0.15) is 17.2 Å². The number of benzene rings is 1. The molecule has 0 saturated carbocycles. The van der Waals surface area contributed by atoms with Crippen molar-refractivity contribution < 1.29 is 4.79 Å². The molecule has 1 saturated heterocycles. The molecule has 2 aromatic heterocycles. The van der Waals surface area contributed by atoms with Crippen LogP contribution in [0.3, 0.4) is 0 Å². The predicted octanol–water partition coefficient (Wildman–Crippen LogP) is 3.28. The number of piperidine rings is 1. The van der Waals surface area contributed by atoms with Crippen molar-refractivity contribution in [1.29, 1.82) is 0 Å². The normalized spacial score (nSPS) is 19.8. The van der Waals surface area contributed by atoms with Crippen molar-refractivity contribution in [2.24, 2.45) is 18.1 Å². The molecular weight excluding hydrogens is 414 g/mol. The molecule has 1 aromatic carbocycles. The zero-order valence-corrected chi connectivity index (χ0v) is 18.8. The van der Waals surface area contributed by atoms with E-state index in [1.54, 1.807) is 5.01 Å². The fraction of sp³-hybridized carbons (Fsp3) is 0.360. The zero-order valence-electron chi connectivity index (χ0n) is 18.8. The van der Waals surface area contributed by atoms with E-state index in [4.69, 9.17) is 5.10 Å². The Bertz CT molecular complexity index is 1240. The quantitative estimate of drug-likeness (QED) is 0.487. The van der Waals surface area contributed by atoms with Gasteiger partial charge in [0.15, 0.2) is 0 Å². The summed E-state index contributed by atoms with van der Waals surface area (Å²) < 4.78 is 1.91. The first-order chi connectivity index (χ1) is 16.1. The summed E-state index contributed by atoms with van der Waals surface area (Å²) in [5.74, 6) is 1.18. The summed E-state index contributed by atoms with van der Waals surface area (Å²) in [6, 6.07) is 12.3. The van der Waals surface area contributed by atoms with Gasteiger partial charge in [-0.25, -0.2) is 5.01 Å².